The second-order valence-electron chi connectivity index (χ2n) is 3.24. The van der Waals surface area contributed by atoms with Crippen LogP contribution in [0, 0.1) is 0 Å². The van der Waals surface area contributed by atoms with Gasteiger partial charge in [0.2, 0.25) is 0 Å². The normalized spacial score (nSPS) is 12.0. The Morgan fingerprint density at radius 3 is 2.55 bits per heavy atom. The van der Waals surface area contributed by atoms with E-state index in [4.69, 9.17) is 0 Å². The van der Waals surface area contributed by atoms with E-state index < -0.39 is 0 Å². The summed E-state index contributed by atoms with van der Waals surface area (Å²) in [5, 5.41) is 4.59. The van der Waals surface area contributed by atoms with Crippen LogP contribution in [0.2, 0.25) is 0 Å². The SMILES string of the molecule is CSCCNC(C)(C)CCBr. The molecule has 0 aliphatic rings. The number of halogens is 1. The van der Waals surface area contributed by atoms with E-state index in [2.05, 4.69) is 41.3 Å². The molecule has 0 rings (SSSR count). The van der Waals surface area contributed by atoms with Gasteiger partial charge in [-0.25, -0.2) is 0 Å². The Hall–Kier alpha value is 0.790. The lowest BCUT2D eigenvalue weighted by molar-refractivity contribution is 0.392. The molecule has 0 aliphatic carbocycles. The first-order chi connectivity index (χ1) is 5.12. The van der Waals surface area contributed by atoms with Crippen LogP contribution in [0.5, 0.6) is 0 Å². The quantitative estimate of drug-likeness (QED) is 0.565. The Labute approximate surface area is 82.8 Å². The molecule has 0 aromatic rings. The molecule has 0 saturated carbocycles. The molecular formula is C8H18BrNS. The van der Waals surface area contributed by atoms with Crippen molar-refractivity contribution < 1.29 is 0 Å². The first-order valence-corrected chi connectivity index (χ1v) is 6.44. The Kier molecular flexibility index (Phi) is 6.78. The lowest BCUT2D eigenvalue weighted by Gasteiger charge is -2.25. The fourth-order valence-electron chi connectivity index (χ4n) is 0.816. The van der Waals surface area contributed by atoms with Crippen molar-refractivity contribution in [2.24, 2.45) is 0 Å². The van der Waals surface area contributed by atoms with Crippen LogP contribution in [0.25, 0.3) is 0 Å². The molecule has 0 aromatic heterocycles. The number of rotatable bonds is 6. The van der Waals surface area contributed by atoms with Gasteiger partial charge in [-0.2, -0.15) is 11.8 Å². The molecule has 0 saturated heterocycles. The summed E-state index contributed by atoms with van der Waals surface area (Å²) >= 11 is 5.34. The van der Waals surface area contributed by atoms with E-state index in [1.807, 2.05) is 11.8 Å². The van der Waals surface area contributed by atoms with E-state index in [0.717, 1.165) is 11.9 Å². The van der Waals surface area contributed by atoms with Gasteiger partial charge in [0.15, 0.2) is 0 Å². The van der Waals surface area contributed by atoms with Gasteiger partial charge in [-0.15, -0.1) is 0 Å². The minimum atomic E-state index is 0.291. The molecule has 0 unspecified atom stereocenters. The Morgan fingerprint density at radius 2 is 2.09 bits per heavy atom. The van der Waals surface area contributed by atoms with Crippen molar-refractivity contribution in [3.8, 4) is 0 Å². The van der Waals surface area contributed by atoms with Crippen LogP contribution < -0.4 is 5.32 Å². The minimum Gasteiger partial charge on any atom is -0.311 e. The zero-order valence-corrected chi connectivity index (χ0v) is 10.0. The molecule has 11 heavy (non-hydrogen) atoms. The van der Waals surface area contributed by atoms with Gasteiger partial charge in [-0.05, 0) is 26.5 Å². The third kappa shape index (κ3) is 7.16. The van der Waals surface area contributed by atoms with E-state index in [0.29, 0.717) is 5.54 Å². The van der Waals surface area contributed by atoms with E-state index in [9.17, 15) is 0 Å². The van der Waals surface area contributed by atoms with Gasteiger partial charge in [0.05, 0.1) is 0 Å². The first-order valence-electron chi connectivity index (χ1n) is 3.92. The average molecular weight is 240 g/mol. The summed E-state index contributed by atoms with van der Waals surface area (Å²) in [4.78, 5) is 0. The van der Waals surface area contributed by atoms with E-state index >= 15 is 0 Å². The summed E-state index contributed by atoms with van der Waals surface area (Å²) in [5.41, 5.74) is 0.291. The van der Waals surface area contributed by atoms with Gasteiger partial charge in [0.25, 0.3) is 0 Å². The van der Waals surface area contributed by atoms with Crippen molar-refractivity contribution in [3.05, 3.63) is 0 Å². The Bertz CT molecular complexity index is 96.1. The maximum atomic E-state index is 3.51. The molecule has 68 valence electrons. The molecule has 0 spiro atoms. The number of thioether (sulfide) groups is 1. The van der Waals surface area contributed by atoms with Crippen molar-refractivity contribution in [3.63, 3.8) is 0 Å². The van der Waals surface area contributed by atoms with Gasteiger partial charge in [0, 0.05) is 23.2 Å². The first kappa shape index (κ1) is 11.8. The molecule has 0 bridgehead atoms. The van der Waals surface area contributed by atoms with E-state index in [1.165, 1.54) is 12.2 Å². The molecular weight excluding hydrogens is 222 g/mol. The smallest absolute Gasteiger partial charge is 0.0133 e. The van der Waals surface area contributed by atoms with Crippen molar-refractivity contribution in [2.45, 2.75) is 25.8 Å². The summed E-state index contributed by atoms with van der Waals surface area (Å²) < 4.78 is 0. The maximum absolute atomic E-state index is 3.51. The van der Waals surface area contributed by atoms with Crippen LogP contribution in [0.15, 0.2) is 0 Å². The molecule has 0 atom stereocenters. The predicted molar refractivity (Wildman–Crippen MR) is 58.9 cm³/mol. The summed E-state index contributed by atoms with van der Waals surface area (Å²) in [6, 6.07) is 0. The summed E-state index contributed by atoms with van der Waals surface area (Å²) in [5.74, 6) is 1.20. The van der Waals surface area contributed by atoms with Crippen LogP contribution in [0.4, 0.5) is 0 Å². The molecule has 1 N–H and O–H groups in total. The highest BCUT2D eigenvalue weighted by molar-refractivity contribution is 9.09. The third-order valence-electron chi connectivity index (χ3n) is 1.63. The molecule has 0 heterocycles. The highest BCUT2D eigenvalue weighted by atomic mass is 79.9. The van der Waals surface area contributed by atoms with Gasteiger partial charge < -0.3 is 5.32 Å². The van der Waals surface area contributed by atoms with Gasteiger partial charge in [-0.3, -0.25) is 0 Å². The third-order valence-corrected chi connectivity index (χ3v) is 2.64. The number of alkyl halides is 1. The van der Waals surface area contributed by atoms with Crippen molar-refractivity contribution in [1.82, 2.24) is 5.32 Å². The fraction of sp³-hybridized carbons (Fsp3) is 1.00. The average Bonchev–Trinajstić information content (AvgIpc) is 1.87. The van der Waals surface area contributed by atoms with Crippen molar-refractivity contribution in [1.29, 1.82) is 0 Å². The van der Waals surface area contributed by atoms with Crippen LogP contribution in [-0.2, 0) is 0 Å². The molecule has 0 radical (unpaired) electrons. The molecule has 0 fully saturated rings. The Morgan fingerprint density at radius 1 is 1.45 bits per heavy atom. The summed E-state index contributed by atoms with van der Waals surface area (Å²) in [6.07, 6.45) is 3.32. The van der Waals surface area contributed by atoms with Crippen LogP contribution >= 0.6 is 27.7 Å². The van der Waals surface area contributed by atoms with Crippen molar-refractivity contribution in [2.75, 3.05) is 23.9 Å². The molecule has 0 aromatic carbocycles. The van der Waals surface area contributed by atoms with E-state index in [-0.39, 0.29) is 0 Å². The largest absolute Gasteiger partial charge is 0.311 e. The fourth-order valence-corrected chi connectivity index (χ4v) is 2.11. The predicted octanol–water partition coefficient (Wildman–Crippen LogP) is 2.50. The minimum absolute atomic E-state index is 0.291. The van der Waals surface area contributed by atoms with E-state index in [1.54, 1.807) is 0 Å². The van der Waals surface area contributed by atoms with Gasteiger partial charge in [0.1, 0.15) is 0 Å². The highest BCUT2D eigenvalue weighted by Crippen LogP contribution is 2.09. The monoisotopic (exact) mass is 239 g/mol. The van der Waals surface area contributed by atoms with Crippen LogP contribution in [-0.4, -0.2) is 29.4 Å². The number of hydrogen-bond acceptors (Lipinski definition) is 2. The zero-order valence-electron chi connectivity index (χ0n) is 7.61. The topological polar surface area (TPSA) is 12.0 Å². The molecule has 1 nitrogen and oxygen atoms in total. The maximum Gasteiger partial charge on any atom is 0.0133 e. The second kappa shape index (κ2) is 6.32. The Balaban J connectivity index is 3.38. The molecule has 3 heteroatoms. The molecule has 0 amide bonds. The lowest BCUT2D eigenvalue weighted by Crippen LogP contribution is -2.40. The standard InChI is InChI=1S/C8H18BrNS/c1-8(2,4-5-9)10-6-7-11-3/h10H,4-7H2,1-3H3. The highest BCUT2D eigenvalue weighted by Gasteiger charge is 2.14. The zero-order chi connectivity index (χ0) is 8.74. The second-order valence-corrected chi connectivity index (χ2v) is 5.02. The van der Waals surface area contributed by atoms with Gasteiger partial charge >= 0.3 is 0 Å². The summed E-state index contributed by atoms with van der Waals surface area (Å²) in [7, 11) is 0. The number of hydrogen-bond donors (Lipinski definition) is 1. The van der Waals surface area contributed by atoms with Crippen LogP contribution in [0.1, 0.15) is 20.3 Å². The molecule has 0 aliphatic heterocycles. The van der Waals surface area contributed by atoms with Gasteiger partial charge in [-0.1, -0.05) is 15.9 Å². The number of nitrogens with one attached hydrogen (secondary N) is 1. The summed E-state index contributed by atoms with van der Waals surface area (Å²) in [6.45, 7) is 5.60. The lowest BCUT2D eigenvalue weighted by atomic mass is 10.0. The van der Waals surface area contributed by atoms with Crippen LogP contribution in [0.3, 0.4) is 0 Å². The van der Waals surface area contributed by atoms with Crippen molar-refractivity contribution >= 4 is 27.7 Å².